The molecule has 0 saturated carbocycles. The second-order valence-corrected chi connectivity index (χ2v) is 6.50. The van der Waals surface area contributed by atoms with Crippen LogP contribution in [-0.4, -0.2) is 21.6 Å². The van der Waals surface area contributed by atoms with E-state index in [1.807, 2.05) is 24.3 Å². The van der Waals surface area contributed by atoms with Crippen molar-refractivity contribution in [2.75, 3.05) is 11.1 Å². The molecule has 0 unspecified atom stereocenters. The molecule has 1 aromatic heterocycles. The highest BCUT2D eigenvalue weighted by molar-refractivity contribution is 7.99. The van der Waals surface area contributed by atoms with Crippen LogP contribution >= 0.6 is 11.8 Å². The summed E-state index contributed by atoms with van der Waals surface area (Å²) in [5.41, 5.74) is 3.63. The molecule has 1 aliphatic rings. The molecule has 6 heteroatoms. The van der Waals surface area contributed by atoms with E-state index in [9.17, 15) is 9.59 Å². The number of carbonyl (C=O) groups excluding carboxylic acids is 1. The number of aromatic amines is 1. The van der Waals surface area contributed by atoms with Gasteiger partial charge in [0.2, 0.25) is 5.91 Å². The van der Waals surface area contributed by atoms with E-state index in [1.54, 1.807) is 0 Å². The van der Waals surface area contributed by atoms with Gasteiger partial charge in [0.25, 0.3) is 5.56 Å². The lowest BCUT2D eigenvalue weighted by Gasteiger charge is -2.06. The van der Waals surface area contributed by atoms with E-state index in [4.69, 9.17) is 0 Å². The molecule has 1 aliphatic carbocycles. The highest BCUT2D eigenvalue weighted by Gasteiger charge is 2.17. The van der Waals surface area contributed by atoms with Gasteiger partial charge in [-0.1, -0.05) is 30.8 Å². The molecule has 2 N–H and O–H groups in total. The largest absolute Gasteiger partial charge is 0.325 e. The van der Waals surface area contributed by atoms with Crippen molar-refractivity contribution in [1.29, 1.82) is 0 Å². The Morgan fingerprint density at radius 1 is 1.30 bits per heavy atom. The van der Waals surface area contributed by atoms with Gasteiger partial charge < -0.3 is 10.3 Å². The average Bonchev–Trinajstić information content (AvgIpc) is 3.03. The van der Waals surface area contributed by atoms with E-state index in [-0.39, 0.29) is 17.2 Å². The van der Waals surface area contributed by atoms with Crippen LogP contribution < -0.4 is 10.9 Å². The third-order valence-electron chi connectivity index (χ3n) is 3.91. The lowest BCUT2D eigenvalue weighted by Crippen LogP contribution is -2.17. The quantitative estimate of drug-likeness (QED) is 0.653. The molecule has 5 nitrogen and oxygen atoms in total. The van der Waals surface area contributed by atoms with Gasteiger partial charge in [0.1, 0.15) is 0 Å². The number of nitrogens with one attached hydrogen (secondary N) is 2. The van der Waals surface area contributed by atoms with Gasteiger partial charge in [-0.25, -0.2) is 4.98 Å². The molecule has 2 aromatic rings. The molecule has 0 radical (unpaired) electrons. The fraction of sp³-hybridized carbons (Fsp3) is 0.353. The molecular weight excluding hydrogens is 310 g/mol. The van der Waals surface area contributed by atoms with E-state index < -0.39 is 0 Å². The normalized spacial score (nSPS) is 12.9. The predicted molar refractivity (Wildman–Crippen MR) is 92.1 cm³/mol. The molecule has 3 rings (SSSR count). The number of anilines is 1. The minimum absolute atomic E-state index is 0.0643. The number of fused-ring (bicyclic) bond motifs is 1. The van der Waals surface area contributed by atoms with E-state index >= 15 is 0 Å². The summed E-state index contributed by atoms with van der Waals surface area (Å²) in [5.74, 6) is 0.111. The molecule has 0 atom stereocenters. The summed E-state index contributed by atoms with van der Waals surface area (Å²) in [6.07, 6.45) is 3.61. The van der Waals surface area contributed by atoms with E-state index in [1.165, 1.54) is 17.3 Å². The third kappa shape index (κ3) is 3.82. The first-order chi connectivity index (χ1) is 11.2. The van der Waals surface area contributed by atoms with Crippen molar-refractivity contribution in [1.82, 2.24) is 9.97 Å². The van der Waals surface area contributed by atoms with E-state index in [0.29, 0.717) is 5.16 Å². The first-order valence-corrected chi connectivity index (χ1v) is 8.78. The second-order valence-electron chi connectivity index (χ2n) is 5.54. The lowest BCUT2D eigenvalue weighted by molar-refractivity contribution is -0.113. The first kappa shape index (κ1) is 15.8. The second kappa shape index (κ2) is 7.00. The van der Waals surface area contributed by atoms with Gasteiger partial charge in [-0.15, -0.1) is 0 Å². The molecule has 1 heterocycles. The Bertz CT molecular complexity index is 768. The number of hydrogen-bond donors (Lipinski definition) is 2. The van der Waals surface area contributed by atoms with Crippen LogP contribution in [0.1, 0.15) is 30.2 Å². The zero-order valence-corrected chi connectivity index (χ0v) is 13.8. The number of amides is 1. The Morgan fingerprint density at radius 2 is 2.09 bits per heavy atom. The number of hydrogen-bond acceptors (Lipinski definition) is 4. The number of aromatic nitrogens is 2. The molecule has 0 spiro atoms. The maximum Gasteiger partial charge on any atom is 0.254 e. The topological polar surface area (TPSA) is 74.8 Å². The van der Waals surface area contributed by atoms with Crippen LogP contribution in [0.4, 0.5) is 5.69 Å². The van der Waals surface area contributed by atoms with Crippen LogP contribution in [-0.2, 0) is 24.1 Å². The minimum Gasteiger partial charge on any atom is -0.325 e. The van der Waals surface area contributed by atoms with Crippen LogP contribution in [0.2, 0.25) is 0 Å². The highest BCUT2D eigenvalue weighted by Crippen LogP contribution is 2.19. The van der Waals surface area contributed by atoms with E-state index in [2.05, 4.69) is 22.2 Å². The Labute approximate surface area is 138 Å². The van der Waals surface area contributed by atoms with Crippen molar-refractivity contribution in [2.24, 2.45) is 0 Å². The first-order valence-electron chi connectivity index (χ1n) is 7.79. The van der Waals surface area contributed by atoms with Crippen molar-refractivity contribution in [3.8, 4) is 0 Å². The molecule has 0 bridgehead atoms. The van der Waals surface area contributed by atoms with Gasteiger partial charge in [-0.05, 0) is 43.4 Å². The number of rotatable bonds is 5. The molecule has 0 fully saturated rings. The maximum absolute atomic E-state index is 12.0. The smallest absolute Gasteiger partial charge is 0.254 e. The number of benzene rings is 1. The molecule has 0 aliphatic heterocycles. The number of thioether (sulfide) groups is 1. The van der Waals surface area contributed by atoms with Crippen molar-refractivity contribution < 1.29 is 4.79 Å². The van der Waals surface area contributed by atoms with Gasteiger partial charge in [0, 0.05) is 11.3 Å². The fourth-order valence-electron chi connectivity index (χ4n) is 2.64. The van der Waals surface area contributed by atoms with Gasteiger partial charge in [-0.3, -0.25) is 9.59 Å². The van der Waals surface area contributed by atoms with Gasteiger partial charge >= 0.3 is 0 Å². The van der Waals surface area contributed by atoms with E-state index in [0.717, 1.165) is 42.6 Å². The SMILES string of the molecule is CCc1ccc(NC(=O)CSc2nc3c(c(=O)[nH]2)CCC3)cc1. The maximum atomic E-state index is 12.0. The Morgan fingerprint density at radius 3 is 2.83 bits per heavy atom. The van der Waals surface area contributed by atoms with Crippen LogP contribution in [0.25, 0.3) is 0 Å². The molecular formula is C17H19N3O2S. The summed E-state index contributed by atoms with van der Waals surface area (Å²) in [5, 5.41) is 3.37. The van der Waals surface area contributed by atoms with Gasteiger partial charge in [-0.2, -0.15) is 0 Å². The van der Waals surface area contributed by atoms with Gasteiger partial charge in [0.15, 0.2) is 5.16 Å². The summed E-state index contributed by atoms with van der Waals surface area (Å²) in [7, 11) is 0. The van der Waals surface area contributed by atoms with Crippen LogP contribution in [0, 0.1) is 0 Å². The molecule has 1 amide bonds. The fourth-order valence-corrected chi connectivity index (χ4v) is 3.32. The minimum atomic E-state index is -0.109. The lowest BCUT2D eigenvalue weighted by atomic mass is 10.1. The van der Waals surface area contributed by atoms with Gasteiger partial charge in [0.05, 0.1) is 11.4 Å². The van der Waals surface area contributed by atoms with Crippen molar-refractivity contribution >= 4 is 23.4 Å². The molecule has 23 heavy (non-hydrogen) atoms. The number of nitrogens with zero attached hydrogens (tertiary/aromatic N) is 1. The highest BCUT2D eigenvalue weighted by atomic mass is 32.2. The predicted octanol–water partition coefficient (Wildman–Crippen LogP) is 2.55. The molecule has 120 valence electrons. The number of H-pyrrole nitrogens is 1. The molecule has 0 saturated heterocycles. The van der Waals surface area contributed by atoms with Crippen LogP contribution in [0.15, 0.2) is 34.2 Å². The summed E-state index contributed by atoms with van der Waals surface area (Å²) >= 11 is 1.26. The summed E-state index contributed by atoms with van der Waals surface area (Å²) < 4.78 is 0. The van der Waals surface area contributed by atoms with Crippen molar-refractivity contribution in [3.05, 3.63) is 51.4 Å². The molecule has 1 aromatic carbocycles. The Kier molecular flexibility index (Phi) is 4.81. The summed E-state index contributed by atoms with van der Waals surface area (Å²) in [6.45, 7) is 2.09. The summed E-state index contributed by atoms with van der Waals surface area (Å²) in [4.78, 5) is 31.1. The number of aryl methyl sites for hydroxylation is 2. The standard InChI is InChI=1S/C17H19N3O2S/c1-2-11-6-8-12(9-7-11)18-15(21)10-23-17-19-14-5-3-4-13(14)16(22)20-17/h6-9H,2-5,10H2,1H3,(H,18,21)(H,19,20,22). The third-order valence-corrected chi connectivity index (χ3v) is 4.78. The monoisotopic (exact) mass is 329 g/mol. The van der Waals surface area contributed by atoms with Crippen LogP contribution in [0.5, 0.6) is 0 Å². The Hall–Kier alpha value is -2.08. The van der Waals surface area contributed by atoms with Crippen molar-refractivity contribution in [2.45, 2.75) is 37.8 Å². The zero-order chi connectivity index (χ0) is 16.2. The number of carbonyl (C=O) groups is 1. The Balaban J connectivity index is 1.58. The van der Waals surface area contributed by atoms with Crippen molar-refractivity contribution in [3.63, 3.8) is 0 Å². The average molecular weight is 329 g/mol. The zero-order valence-electron chi connectivity index (χ0n) is 13.0. The summed E-state index contributed by atoms with van der Waals surface area (Å²) in [6, 6.07) is 7.80. The van der Waals surface area contributed by atoms with Crippen LogP contribution in [0.3, 0.4) is 0 Å².